The van der Waals surface area contributed by atoms with E-state index in [0.717, 1.165) is 0 Å². The molecule has 6 rings (SSSR count). The van der Waals surface area contributed by atoms with Gasteiger partial charge >= 0.3 is 0 Å². The number of phenols is 1. The highest BCUT2D eigenvalue weighted by molar-refractivity contribution is 6.30. The summed E-state index contributed by atoms with van der Waals surface area (Å²) in [5, 5.41) is 63.4. The van der Waals surface area contributed by atoms with Gasteiger partial charge in [-0.15, -0.1) is 0 Å². The average Bonchev–Trinajstić information content (AvgIpc) is 3.07. The summed E-state index contributed by atoms with van der Waals surface area (Å²) >= 11 is 5.99. The van der Waals surface area contributed by atoms with Crippen molar-refractivity contribution in [3.8, 4) is 16.9 Å². The molecule has 2 heterocycles. The molecule has 6 N–H and O–H groups in total. The minimum atomic E-state index is -1.50. The lowest BCUT2D eigenvalue weighted by atomic mass is 9.77. The maximum atomic E-state index is 13.5. The van der Waals surface area contributed by atoms with Gasteiger partial charge in [-0.3, -0.25) is 4.79 Å². The van der Waals surface area contributed by atoms with Gasteiger partial charge in [-0.2, -0.15) is 0 Å². The summed E-state index contributed by atoms with van der Waals surface area (Å²) in [7, 11) is 0. The van der Waals surface area contributed by atoms with Crippen LogP contribution in [-0.4, -0.2) is 67.6 Å². The molecule has 0 radical (unpaired) electrons. The van der Waals surface area contributed by atoms with E-state index in [1.807, 2.05) is 42.5 Å². The molecule has 10 heteroatoms. The maximum Gasteiger partial charge on any atom is 0.233 e. The Labute approximate surface area is 271 Å². The molecule has 2 saturated heterocycles. The highest BCUT2D eigenvalue weighted by Gasteiger charge is 2.49. The number of amides is 1. The van der Waals surface area contributed by atoms with Crippen LogP contribution < -0.4 is 4.90 Å². The fourth-order valence-corrected chi connectivity index (χ4v) is 6.62. The van der Waals surface area contributed by atoms with E-state index < -0.39 is 55.2 Å². The zero-order chi connectivity index (χ0) is 32.5. The van der Waals surface area contributed by atoms with E-state index in [0.29, 0.717) is 51.4 Å². The number of aliphatic hydroxyl groups is 5. The summed E-state index contributed by atoms with van der Waals surface area (Å²) in [4.78, 5) is 15.2. The maximum absolute atomic E-state index is 13.5. The third kappa shape index (κ3) is 6.15. The number of benzene rings is 4. The van der Waals surface area contributed by atoms with Gasteiger partial charge < -0.3 is 40.3 Å². The van der Waals surface area contributed by atoms with Gasteiger partial charge in [-0.05, 0) is 71.5 Å². The molecule has 0 saturated carbocycles. The van der Waals surface area contributed by atoms with Crippen molar-refractivity contribution in [3.05, 3.63) is 119 Å². The normalized spacial score (nSPS) is 26.9. The van der Waals surface area contributed by atoms with E-state index in [2.05, 4.69) is 0 Å². The van der Waals surface area contributed by atoms with Gasteiger partial charge in [-0.25, -0.2) is 0 Å². The Balaban J connectivity index is 1.26. The van der Waals surface area contributed by atoms with Crippen LogP contribution in [0, 0.1) is 5.92 Å². The Bertz CT molecular complexity index is 1670. The number of aromatic hydroxyl groups is 1. The molecule has 2 aliphatic rings. The fourth-order valence-electron chi connectivity index (χ4n) is 6.50. The van der Waals surface area contributed by atoms with Gasteiger partial charge in [0.25, 0.3) is 0 Å². The zero-order valence-corrected chi connectivity index (χ0v) is 25.6. The first-order valence-electron chi connectivity index (χ1n) is 15.2. The Kier molecular flexibility index (Phi) is 9.44. The second-order valence-corrected chi connectivity index (χ2v) is 12.3. The van der Waals surface area contributed by atoms with E-state index in [1.165, 1.54) is 0 Å². The molecule has 9 nitrogen and oxygen atoms in total. The standard InChI is InChI=1S/C36H36ClNO8/c37-24-12-9-20(10-13-24)28(40)16-15-27-31(38(36(27)45)25-7-2-1-3-8-25)26-14-11-22(18-29(26)41)21-5-4-6-23(17-21)35-34(44)33(43)32(42)30(19-39)46-35/h1-14,17-18,27-28,30-35,39-44H,15-16,19H2/t27-,28+,30-,31-,32-,33+,34-,35+/m1/s1. The predicted octanol–water partition coefficient (Wildman–Crippen LogP) is 4.45. The first-order chi connectivity index (χ1) is 22.2. The minimum Gasteiger partial charge on any atom is -0.508 e. The summed E-state index contributed by atoms with van der Waals surface area (Å²) < 4.78 is 5.73. The van der Waals surface area contributed by atoms with Crippen molar-refractivity contribution in [2.45, 2.75) is 55.5 Å². The van der Waals surface area contributed by atoms with E-state index in [9.17, 15) is 35.4 Å². The number of rotatable bonds is 9. The molecule has 0 aliphatic carbocycles. The van der Waals surface area contributed by atoms with Crippen LogP contribution in [0.3, 0.4) is 0 Å². The Morgan fingerprint density at radius 3 is 2.24 bits per heavy atom. The van der Waals surface area contributed by atoms with Crippen LogP contribution in [0.5, 0.6) is 5.75 Å². The molecule has 8 atom stereocenters. The van der Waals surface area contributed by atoms with Crippen LogP contribution in [0.1, 0.15) is 47.8 Å². The van der Waals surface area contributed by atoms with Crippen molar-refractivity contribution in [1.82, 2.24) is 0 Å². The van der Waals surface area contributed by atoms with E-state index in [1.54, 1.807) is 59.5 Å². The number of hydrogen-bond donors (Lipinski definition) is 6. The van der Waals surface area contributed by atoms with Crippen molar-refractivity contribution in [2.24, 2.45) is 5.92 Å². The quantitative estimate of drug-likeness (QED) is 0.146. The third-order valence-electron chi connectivity index (χ3n) is 9.04. The number of nitrogens with zero attached hydrogens (tertiary/aromatic N) is 1. The molecule has 0 aromatic heterocycles. The molecule has 1 amide bonds. The molecule has 2 fully saturated rings. The van der Waals surface area contributed by atoms with Gasteiger partial charge in [0.2, 0.25) is 5.91 Å². The summed E-state index contributed by atoms with van der Waals surface area (Å²) in [5.74, 6) is -0.555. The number of phenolic OH excluding ortho intramolecular Hbond substituents is 1. The topological polar surface area (TPSA) is 151 Å². The molecular weight excluding hydrogens is 610 g/mol. The number of carbonyl (C=O) groups is 1. The summed E-state index contributed by atoms with van der Waals surface area (Å²) in [6.07, 6.45) is -6.42. The van der Waals surface area contributed by atoms with Gasteiger partial charge in [0.05, 0.1) is 24.7 Å². The number of carbonyl (C=O) groups excluding carboxylic acids is 1. The highest BCUT2D eigenvalue weighted by Crippen LogP contribution is 2.49. The van der Waals surface area contributed by atoms with E-state index in [4.69, 9.17) is 16.3 Å². The van der Waals surface area contributed by atoms with Crippen molar-refractivity contribution in [2.75, 3.05) is 11.5 Å². The smallest absolute Gasteiger partial charge is 0.233 e. The first kappa shape index (κ1) is 32.2. The predicted molar refractivity (Wildman–Crippen MR) is 172 cm³/mol. The van der Waals surface area contributed by atoms with Crippen LogP contribution in [-0.2, 0) is 9.53 Å². The van der Waals surface area contributed by atoms with Crippen LogP contribution in [0.15, 0.2) is 97.1 Å². The lowest BCUT2D eigenvalue weighted by Crippen LogP contribution is -2.55. The molecule has 0 bridgehead atoms. The van der Waals surface area contributed by atoms with E-state index in [-0.39, 0.29) is 11.7 Å². The van der Waals surface area contributed by atoms with Crippen molar-refractivity contribution >= 4 is 23.2 Å². The number of para-hydroxylation sites is 1. The Hall–Kier alpha value is -3.80. The Morgan fingerprint density at radius 2 is 1.54 bits per heavy atom. The third-order valence-corrected chi connectivity index (χ3v) is 9.30. The number of hydrogen-bond acceptors (Lipinski definition) is 8. The van der Waals surface area contributed by atoms with Gasteiger partial charge in [-0.1, -0.05) is 72.3 Å². The molecular formula is C36H36ClNO8. The summed E-state index contributed by atoms with van der Waals surface area (Å²) in [6, 6.07) is 28.1. The SMILES string of the molecule is O=C1[C@H](CC[C@H](O)c2ccc(Cl)cc2)[C@@H](c2ccc(-c3cccc([C@@H]4O[C@H](CO)[C@@H](O)[C@H](O)[C@H]4O)c3)cc2O)N1c1ccccc1. The minimum absolute atomic E-state index is 0.00239. The number of aliphatic hydroxyl groups excluding tert-OH is 5. The van der Waals surface area contributed by atoms with Gasteiger partial charge in [0, 0.05) is 16.3 Å². The zero-order valence-electron chi connectivity index (χ0n) is 24.8. The van der Waals surface area contributed by atoms with Crippen LogP contribution in [0.4, 0.5) is 5.69 Å². The summed E-state index contributed by atoms with van der Waals surface area (Å²) in [5.41, 5.74) is 3.89. The van der Waals surface area contributed by atoms with Crippen molar-refractivity contribution in [3.63, 3.8) is 0 Å². The number of β-lactam (4-membered cyclic amide) rings is 1. The van der Waals surface area contributed by atoms with Crippen molar-refractivity contribution < 1.29 is 40.2 Å². The average molecular weight is 646 g/mol. The lowest BCUT2D eigenvalue weighted by Gasteiger charge is -2.48. The molecule has 4 aromatic carbocycles. The molecule has 0 unspecified atom stereocenters. The molecule has 46 heavy (non-hydrogen) atoms. The van der Waals surface area contributed by atoms with Crippen LogP contribution in [0.25, 0.3) is 11.1 Å². The van der Waals surface area contributed by atoms with E-state index >= 15 is 0 Å². The fraction of sp³-hybridized carbons (Fsp3) is 0.306. The number of halogens is 1. The van der Waals surface area contributed by atoms with Crippen LogP contribution >= 0.6 is 11.6 Å². The number of ether oxygens (including phenoxy) is 1. The molecule has 2 aliphatic heterocycles. The largest absolute Gasteiger partial charge is 0.508 e. The molecule has 4 aromatic rings. The molecule has 240 valence electrons. The van der Waals surface area contributed by atoms with Crippen molar-refractivity contribution in [1.29, 1.82) is 0 Å². The summed E-state index contributed by atoms with van der Waals surface area (Å²) in [6.45, 7) is -0.527. The second kappa shape index (κ2) is 13.5. The first-order valence-corrected chi connectivity index (χ1v) is 15.6. The molecule has 0 spiro atoms. The Morgan fingerprint density at radius 1 is 0.826 bits per heavy atom. The highest BCUT2D eigenvalue weighted by atomic mass is 35.5. The number of anilines is 1. The monoisotopic (exact) mass is 645 g/mol. The van der Waals surface area contributed by atoms with Gasteiger partial charge in [0.15, 0.2) is 0 Å². The second-order valence-electron chi connectivity index (χ2n) is 11.9. The lowest BCUT2D eigenvalue weighted by molar-refractivity contribution is -0.231. The van der Waals surface area contributed by atoms with Gasteiger partial charge in [0.1, 0.15) is 36.3 Å². The van der Waals surface area contributed by atoms with Crippen LogP contribution in [0.2, 0.25) is 5.02 Å².